The number of phenolic OH excluding ortho intramolecular Hbond substituents is 2. The van der Waals surface area contributed by atoms with Gasteiger partial charge < -0.3 is 45.5 Å². The number of fused-ring (bicyclic) bond motifs is 4. The number of anilines is 1. The number of aliphatic hydroxyl groups excluding tert-OH is 1. The maximum atomic E-state index is 15.2. The molecule has 2 aromatic rings. The van der Waals surface area contributed by atoms with E-state index < -0.39 is 17.3 Å². The zero-order chi connectivity index (χ0) is 45.2. The van der Waals surface area contributed by atoms with Crippen molar-refractivity contribution in [3.8, 4) is 23.0 Å². The van der Waals surface area contributed by atoms with Gasteiger partial charge in [-0.3, -0.25) is 9.79 Å². The number of ketones is 1. The summed E-state index contributed by atoms with van der Waals surface area (Å²) in [5, 5.41) is 44.1. The number of nitrogens with zero attached hydrogens (tertiary/aromatic N) is 1. The second-order valence-corrected chi connectivity index (χ2v) is 22.1. The normalized spacial score (nSPS) is 28.8. The van der Waals surface area contributed by atoms with Gasteiger partial charge in [0.1, 0.15) is 5.60 Å². The summed E-state index contributed by atoms with van der Waals surface area (Å²) in [6.07, 6.45) is 22.7. The third kappa shape index (κ3) is 11.3. The van der Waals surface area contributed by atoms with Gasteiger partial charge >= 0.3 is 0 Å². The highest BCUT2D eigenvalue weighted by atomic mass is 33.1. The fraction of sp³-hybridized carbons (Fsp3) is 0.686. The van der Waals surface area contributed by atoms with E-state index in [9.17, 15) is 15.3 Å². The number of ether oxygens (including phenoxy) is 3. The molecule has 4 fully saturated rings. The van der Waals surface area contributed by atoms with Crippen molar-refractivity contribution in [3.63, 3.8) is 0 Å². The number of carbonyl (C=O) groups excluding carboxylic acids is 1. The number of phenols is 2. The first-order valence-corrected chi connectivity index (χ1v) is 26.9. The summed E-state index contributed by atoms with van der Waals surface area (Å²) in [5.41, 5.74) is 1.21. The first-order chi connectivity index (χ1) is 31.1. The first-order valence-electron chi connectivity index (χ1n) is 24.4. The van der Waals surface area contributed by atoms with Crippen LogP contribution in [0.15, 0.2) is 47.5 Å². The molecule has 1 aliphatic heterocycles. The minimum Gasteiger partial charge on any atom is -0.504 e. The van der Waals surface area contributed by atoms with Crippen molar-refractivity contribution in [2.75, 3.05) is 44.7 Å². The predicted octanol–water partition coefficient (Wildman–Crippen LogP) is 10.4. The van der Waals surface area contributed by atoms with Crippen LogP contribution in [0.25, 0.3) is 0 Å². The van der Waals surface area contributed by atoms with E-state index in [0.717, 1.165) is 132 Å². The molecule has 4 saturated carbocycles. The van der Waals surface area contributed by atoms with Crippen LogP contribution in [0.5, 0.6) is 23.0 Å². The van der Waals surface area contributed by atoms with Gasteiger partial charge in [0.2, 0.25) is 0 Å². The van der Waals surface area contributed by atoms with Crippen molar-refractivity contribution in [3.05, 3.63) is 53.6 Å². The Morgan fingerprint density at radius 2 is 1.78 bits per heavy atom. The van der Waals surface area contributed by atoms with Crippen molar-refractivity contribution in [2.45, 2.75) is 159 Å². The summed E-state index contributed by atoms with van der Waals surface area (Å²) >= 11 is 0. The number of aliphatic hydroxyl groups is 1. The number of nitrogens with one attached hydrogen (secondary N) is 3. The van der Waals surface area contributed by atoms with Crippen molar-refractivity contribution in [1.82, 2.24) is 10.6 Å². The molecule has 5 aliphatic rings. The van der Waals surface area contributed by atoms with Gasteiger partial charge in [0.05, 0.1) is 24.8 Å². The number of rotatable bonds is 15. The number of aliphatic imine (C=N–C) groups is 1. The molecule has 64 heavy (non-hydrogen) atoms. The molecular weight excluding hydrogens is 845 g/mol. The molecule has 0 radical (unpaired) electrons. The van der Waals surface area contributed by atoms with Gasteiger partial charge in [-0.25, -0.2) is 0 Å². The smallest absolute Gasteiger partial charge is 0.196 e. The Hall–Kier alpha value is -3.10. The molecule has 0 saturated heterocycles. The summed E-state index contributed by atoms with van der Waals surface area (Å²) in [6.45, 7) is 2.84. The van der Waals surface area contributed by atoms with Crippen LogP contribution < -0.4 is 25.4 Å². The molecule has 354 valence electrons. The average molecular weight is 921 g/mol. The topological polar surface area (TPSA) is 154 Å². The average Bonchev–Trinajstić information content (AvgIpc) is 4.13. The molecule has 11 nitrogen and oxygen atoms in total. The lowest BCUT2D eigenvalue weighted by molar-refractivity contribution is -0.143. The van der Waals surface area contributed by atoms with E-state index in [1.807, 2.05) is 25.3 Å². The van der Waals surface area contributed by atoms with E-state index in [1.165, 1.54) is 0 Å². The van der Waals surface area contributed by atoms with E-state index in [-0.39, 0.29) is 46.6 Å². The van der Waals surface area contributed by atoms with Crippen molar-refractivity contribution >= 4 is 39.0 Å². The van der Waals surface area contributed by atoms with Crippen molar-refractivity contribution < 1.29 is 34.3 Å². The minimum absolute atomic E-state index is 0.0530. The van der Waals surface area contributed by atoms with Gasteiger partial charge in [0.15, 0.2) is 41.0 Å². The van der Waals surface area contributed by atoms with E-state index in [2.05, 4.69) is 46.1 Å². The molecular formula is C51H76N4O7S2. The Balaban J connectivity index is 1.27. The molecule has 0 aromatic heterocycles. The number of methoxy groups -OCH3 is 1. The van der Waals surface area contributed by atoms with Crippen LogP contribution in [0, 0.1) is 23.2 Å². The quantitative estimate of drug-likeness (QED) is 0.0436. The Morgan fingerprint density at radius 3 is 2.53 bits per heavy atom. The molecule has 6 atom stereocenters. The van der Waals surface area contributed by atoms with Crippen LogP contribution in [-0.2, 0) is 21.4 Å². The van der Waals surface area contributed by atoms with Crippen LogP contribution in [0.1, 0.15) is 140 Å². The monoisotopic (exact) mass is 921 g/mol. The number of carbonyl (C=O) groups is 1. The molecule has 1 heterocycles. The standard InChI is InChI=1S/C51H76N4O7S2/c1-5-6-7-13-37-18-20-45(57)51(31-35-17-19-42(56)43(26-35)60-4)24-12-14-38(51)32-63-64-34-54-48(53-3)55-41-28-39(50(37)22-10-11-23-50)29-44(47(41)59)62-49(33-52-2)25-21-36(30-49)27-46(58)61-40-15-8-9-16-40/h17-20,26,28-29,36-38,40,46,52,56,58-59H,5-16,21-25,27,30-34H2,1-4H3,(H2,53,54,55). The molecule has 13 heteroatoms. The summed E-state index contributed by atoms with van der Waals surface area (Å²) in [7, 11) is 8.76. The zero-order valence-corrected chi connectivity index (χ0v) is 40.6. The highest BCUT2D eigenvalue weighted by Gasteiger charge is 2.49. The van der Waals surface area contributed by atoms with E-state index in [0.29, 0.717) is 48.4 Å². The molecule has 0 amide bonds. The van der Waals surface area contributed by atoms with E-state index in [1.54, 1.807) is 41.8 Å². The molecule has 2 bridgehead atoms. The van der Waals surface area contributed by atoms with Crippen molar-refractivity contribution in [2.24, 2.45) is 28.2 Å². The maximum Gasteiger partial charge on any atom is 0.196 e. The molecule has 6 N–H and O–H groups in total. The lowest BCUT2D eigenvalue weighted by Gasteiger charge is -2.39. The fourth-order valence-electron chi connectivity index (χ4n) is 12.1. The third-order valence-corrected chi connectivity index (χ3v) is 17.7. The Kier molecular flexibility index (Phi) is 17.2. The second kappa shape index (κ2) is 22.6. The largest absolute Gasteiger partial charge is 0.504 e. The number of unbranched alkanes of at least 4 members (excludes halogenated alkanes) is 2. The molecule has 2 aromatic carbocycles. The van der Waals surface area contributed by atoms with Gasteiger partial charge in [-0.2, -0.15) is 0 Å². The Morgan fingerprint density at radius 1 is 0.969 bits per heavy atom. The molecule has 1 spiro atoms. The van der Waals surface area contributed by atoms with Crippen LogP contribution in [0.3, 0.4) is 0 Å². The minimum atomic E-state index is -0.788. The van der Waals surface area contributed by atoms with E-state index in [4.69, 9.17) is 14.2 Å². The Labute approximate surface area is 390 Å². The van der Waals surface area contributed by atoms with Gasteiger partial charge in [-0.1, -0.05) is 92.0 Å². The summed E-state index contributed by atoms with van der Waals surface area (Å²) in [5.74, 6) is 3.69. The summed E-state index contributed by atoms with van der Waals surface area (Å²) in [6, 6.07) is 9.75. The van der Waals surface area contributed by atoms with Gasteiger partial charge in [-0.15, -0.1) is 0 Å². The number of guanidine groups is 1. The van der Waals surface area contributed by atoms with Gasteiger partial charge in [0.25, 0.3) is 0 Å². The van der Waals surface area contributed by atoms with Crippen LogP contribution in [0.4, 0.5) is 5.69 Å². The number of hydrogen-bond acceptors (Lipinski definition) is 11. The lowest BCUT2D eigenvalue weighted by atomic mass is 9.66. The number of allylic oxidation sites excluding steroid dienone is 2. The molecule has 4 aliphatic carbocycles. The molecule has 7 rings (SSSR count). The number of benzene rings is 2. The molecule has 6 unspecified atom stereocenters. The van der Waals surface area contributed by atoms with Crippen LogP contribution in [0.2, 0.25) is 0 Å². The highest BCUT2D eigenvalue weighted by Crippen LogP contribution is 2.54. The fourth-order valence-corrected chi connectivity index (χ4v) is 14.4. The summed E-state index contributed by atoms with van der Waals surface area (Å²) in [4.78, 5) is 19.8. The highest BCUT2D eigenvalue weighted by molar-refractivity contribution is 8.76. The third-order valence-electron chi connectivity index (χ3n) is 15.5. The zero-order valence-electron chi connectivity index (χ0n) is 38.9. The van der Waals surface area contributed by atoms with Crippen LogP contribution in [-0.4, -0.2) is 84.4 Å². The number of aromatic hydroxyl groups is 2. The Bertz CT molecular complexity index is 1920. The lowest BCUT2D eigenvalue weighted by Crippen LogP contribution is -2.43. The SMILES string of the molecule is CCCCCC1C=CC(=O)C2(Cc3ccc(O)c(OC)c3)CCCC2CSSCNC(=NC)Nc2cc(cc(OC3(CNC)CCC(CC(O)OC4CCCC4)C3)c2O)C12CCCC2. The number of likely N-dealkylation sites (N-methyl/N-ethyl adjacent to an activating group) is 1. The van der Waals surface area contributed by atoms with Crippen LogP contribution >= 0.6 is 21.6 Å². The predicted molar refractivity (Wildman–Crippen MR) is 262 cm³/mol. The van der Waals surface area contributed by atoms with Gasteiger partial charge in [0, 0.05) is 36.6 Å². The van der Waals surface area contributed by atoms with Gasteiger partial charge in [-0.05, 0) is 137 Å². The second-order valence-electron chi connectivity index (χ2n) is 19.6. The number of hydrogen-bond donors (Lipinski definition) is 6. The summed E-state index contributed by atoms with van der Waals surface area (Å²) < 4.78 is 18.8. The van der Waals surface area contributed by atoms with E-state index >= 15 is 4.79 Å². The first kappa shape index (κ1) is 48.8. The maximum absolute atomic E-state index is 15.2. The van der Waals surface area contributed by atoms with Crippen molar-refractivity contribution in [1.29, 1.82) is 0 Å².